The van der Waals surface area contributed by atoms with Gasteiger partial charge in [-0.05, 0) is 6.92 Å². The molecule has 0 spiro atoms. The lowest BCUT2D eigenvalue weighted by Gasteiger charge is -2.29. The van der Waals surface area contributed by atoms with E-state index in [1.165, 1.54) is 6.92 Å². The third kappa shape index (κ3) is 3.35. The number of ether oxygens (including phenoxy) is 1. The van der Waals surface area contributed by atoms with Crippen LogP contribution in [0.3, 0.4) is 0 Å². The van der Waals surface area contributed by atoms with Gasteiger partial charge in [-0.1, -0.05) is 0 Å². The Morgan fingerprint density at radius 3 is 2.39 bits per heavy atom. The number of nitrogens with one attached hydrogen (secondary N) is 1. The number of nitrogens with zero attached hydrogens (tertiary/aromatic N) is 3. The second-order valence-corrected chi connectivity index (χ2v) is 6.03. The van der Waals surface area contributed by atoms with Crippen LogP contribution in [0, 0.1) is 16.2 Å². The molecule has 2 heterocycles. The number of carbonyl (C=O) groups is 1. The van der Waals surface area contributed by atoms with E-state index in [0.29, 0.717) is 32.2 Å². The number of fused-ring (bicyclic) bond motifs is 1. The number of anilines is 1. The van der Waals surface area contributed by atoms with E-state index in [-0.39, 0.29) is 12.3 Å². The molecule has 1 N–H and O–H groups in total. The first-order chi connectivity index (χ1) is 13.2. The summed E-state index contributed by atoms with van der Waals surface area (Å²) >= 11 is 0. The number of rotatable bonds is 3. The quantitative estimate of drug-likeness (QED) is 0.353. The highest BCUT2D eigenvalue weighted by atomic mass is 19.4. The molecule has 28 heavy (non-hydrogen) atoms. The summed E-state index contributed by atoms with van der Waals surface area (Å²) < 4.78 is 58.5. The summed E-state index contributed by atoms with van der Waals surface area (Å²) in [7, 11) is 0. The van der Waals surface area contributed by atoms with Gasteiger partial charge in [-0.25, -0.2) is 9.18 Å². The zero-order valence-corrected chi connectivity index (χ0v) is 14.7. The molecule has 1 aromatic carbocycles. The topological polar surface area (TPSA) is 95.4 Å². The second kappa shape index (κ2) is 7.26. The zero-order valence-electron chi connectivity index (χ0n) is 14.7. The predicted molar refractivity (Wildman–Crippen MR) is 87.9 cm³/mol. The Bertz CT molecular complexity index is 929. The van der Waals surface area contributed by atoms with Gasteiger partial charge in [-0.3, -0.25) is 0 Å². The second-order valence-electron chi connectivity index (χ2n) is 6.03. The molecule has 2 aromatic rings. The molecule has 1 aliphatic rings. The molecule has 1 saturated heterocycles. The highest BCUT2D eigenvalue weighted by molar-refractivity contribution is 5.88. The van der Waals surface area contributed by atoms with Gasteiger partial charge in [-0.15, -0.1) is 9.46 Å². The van der Waals surface area contributed by atoms with E-state index in [0.717, 1.165) is 6.07 Å². The first kappa shape index (κ1) is 19.9. The Morgan fingerprint density at radius 2 is 1.82 bits per heavy atom. The number of benzene rings is 1. The summed E-state index contributed by atoms with van der Waals surface area (Å²) in [4.78, 5) is 13.5. The highest BCUT2D eigenvalue weighted by Crippen LogP contribution is 2.31. The number of aromatic nitrogens is 2. The van der Waals surface area contributed by atoms with Crippen LogP contribution >= 0.6 is 0 Å². The van der Waals surface area contributed by atoms with Crippen molar-refractivity contribution >= 4 is 22.7 Å². The molecule has 0 atom stereocenters. The van der Waals surface area contributed by atoms with Gasteiger partial charge < -0.3 is 25.4 Å². The van der Waals surface area contributed by atoms with Gasteiger partial charge in [-0.2, -0.15) is 13.2 Å². The fourth-order valence-electron chi connectivity index (χ4n) is 3.08. The number of carbonyl (C=O) groups excluding carboxylic acids is 1. The average Bonchev–Trinajstić information content (AvgIpc) is 2.64. The van der Waals surface area contributed by atoms with E-state index >= 15 is 0 Å². The molecule has 12 heteroatoms. The maximum atomic E-state index is 14.6. The molecule has 1 fully saturated rings. The van der Waals surface area contributed by atoms with Gasteiger partial charge in [0.2, 0.25) is 0 Å². The van der Waals surface area contributed by atoms with Crippen LogP contribution in [-0.4, -0.2) is 38.8 Å². The van der Waals surface area contributed by atoms with Gasteiger partial charge in [0.15, 0.2) is 5.82 Å². The molecule has 0 aliphatic carbocycles. The van der Waals surface area contributed by atoms with Crippen molar-refractivity contribution in [3.8, 4) is 0 Å². The standard InChI is InChI=1S/C16H16F4N4O4/c1-2-28-15(25)13-14(16(18,19)20)24(27)12-8-10(22-5-3-21-4-6-22)9(17)7-11(12)23(13)26/h7-8,21H,2-6H2,1H3. The summed E-state index contributed by atoms with van der Waals surface area (Å²) in [6.07, 6.45) is -5.31. The number of esters is 1. The Balaban J connectivity index is 2.31. The summed E-state index contributed by atoms with van der Waals surface area (Å²) in [5.41, 5.74) is -5.05. The number of piperazine rings is 1. The lowest BCUT2D eigenvalue weighted by Crippen LogP contribution is -2.50. The van der Waals surface area contributed by atoms with Crippen LogP contribution in [0.2, 0.25) is 0 Å². The lowest BCUT2D eigenvalue weighted by molar-refractivity contribution is -0.647. The van der Waals surface area contributed by atoms with Crippen molar-refractivity contribution in [1.29, 1.82) is 0 Å². The molecule has 0 unspecified atom stereocenters. The summed E-state index contributed by atoms with van der Waals surface area (Å²) in [6, 6.07) is 1.54. The molecular formula is C16H16F4N4O4. The van der Waals surface area contributed by atoms with E-state index in [9.17, 15) is 32.8 Å². The zero-order chi connectivity index (χ0) is 20.6. The molecule has 0 radical (unpaired) electrons. The van der Waals surface area contributed by atoms with Crippen molar-refractivity contribution in [3.63, 3.8) is 0 Å². The van der Waals surface area contributed by atoms with Crippen molar-refractivity contribution in [2.45, 2.75) is 13.1 Å². The molecule has 1 aliphatic heterocycles. The van der Waals surface area contributed by atoms with Crippen LogP contribution in [0.5, 0.6) is 0 Å². The van der Waals surface area contributed by atoms with Crippen LogP contribution in [-0.2, 0) is 10.9 Å². The van der Waals surface area contributed by atoms with Gasteiger partial charge >= 0.3 is 23.5 Å². The van der Waals surface area contributed by atoms with Crippen molar-refractivity contribution in [2.75, 3.05) is 37.7 Å². The third-order valence-corrected chi connectivity index (χ3v) is 4.31. The highest BCUT2D eigenvalue weighted by Gasteiger charge is 2.52. The van der Waals surface area contributed by atoms with Gasteiger partial charge in [0.25, 0.3) is 11.0 Å². The lowest BCUT2D eigenvalue weighted by atomic mass is 10.2. The van der Waals surface area contributed by atoms with E-state index in [1.807, 2.05) is 0 Å². The van der Waals surface area contributed by atoms with E-state index < -0.39 is 49.8 Å². The summed E-state index contributed by atoms with van der Waals surface area (Å²) in [5.74, 6) is -2.52. The fraction of sp³-hybridized carbons (Fsp3) is 0.438. The number of hydrogen-bond acceptors (Lipinski definition) is 6. The Morgan fingerprint density at radius 1 is 1.21 bits per heavy atom. The van der Waals surface area contributed by atoms with Crippen molar-refractivity contribution in [1.82, 2.24) is 5.32 Å². The molecule has 0 saturated carbocycles. The van der Waals surface area contributed by atoms with Crippen molar-refractivity contribution in [3.05, 3.63) is 39.8 Å². The monoisotopic (exact) mass is 404 g/mol. The van der Waals surface area contributed by atoms with Crippen LogP contribution in [0.1, 0.15) is 23.1 Å². The Kier molecular flexibility index (Phi) is 5.15. The smallest absolute Gasteiger partial charge is 0.486 e. The van der Waals surface area contributed by atoms with Crippen LogP contribution in [0.15, 0.2) is 12.1 Å². The van der Waals surface area contributed by atoms with Crippen molar-refractivity contribution < 1.29 is 36.6 Å². The first-order valence-electron chi connectivity index (χ1n) is 8.39. The third-order valence-electron chi connectivity index (χ3n) is 4.31. The molecule has 8 nitrogen and oxygen atoms in total. The van der Waals surface area contributed by atoms with Crippen LogP contribution in [0.4, 0.5) is 23.2 Å². The van der Waals surface area contributed by atoms with Crippen LogP contribution in [0.25, 0.3) is 11.0 Å². The Hall–Kier alpha value is -2.89. The number of alkyl halides is 3. The molecule has 152 valence electrons. The minimum atomic E-state index is -5.31. The molecule has 3 rings (SSSR count). The maximum Gasteiger partial charge on any atom is 0.486 e. The van der Waals surface area contributed by atoms with E-state index in [2.05, 4.69) is 10.1 Å². The van der Waals surface area contributed by atoms with Gasteiger partial charge in [0.1, 0.15) is 0 Å². The molecule has 0 amide bonds. The van der Waals surface area contributed by atoms with E-state index in [1.54, 1.807) is 4.90 Å². The average molecular weight is 404 g/mol. The first-order valence-corrected chi connectivity index (χ1v) is 8.39. The molecule has 1 aromatic heterocycles. The van der Waals surface area contributed by atoms with Crippen molar-refractivity contribution in [2.24, 2.45) is 0 Å². The minimum Gasteiger partial charge on any atom is -0.618 e. The largest absolute Gasteiger partial charge is 0.618 e. The fourth-order valence-corrected chi connectivity index (χ4v) is 3.08. The van der Waals surface area contributed by atoms with E-state index in [4.69, 9.17) is 0 Å². The number of hydrogen-bond donors (Lipinski definition) is 1. The van der Waals surface area contributed by atoms with Gasteiger partial charge in [0.05, 0.1) is 18.4 Å². The SMILES string of the molecule is CCOC(=O)c1c(C(F)(F)F)[n+]([O-])c2cc(N3CCNCC3)c(F)cc2[n+]1[O-]. The summed E-state index contributed by atoms with van der Waals surface area (Å²) in [6.45, 7) is 2.78. The minimum absolute atomic E-state index is 0.101. The van der Waals surface area contributed by atoms with Crippen LogP contribution < -0.4 is 19.7 Å². The van der Waals surface area contributed by atoms with Gasteiger partial charge in [0, 0.05) is 32.2 Å². The maximum absolute atomic E-state index is 14.6. The summed E-state index contributed by atoms with van der Waals surface area (Å²) in [5, 5.41) is 28.0. The number of halogens is 4. The molecule has 0 bridgehead atoms. The molecular weight excluding hydrogens is 388 g/mol. The predicted octanol–water partition coefficient (Wildman–Crippen LogP) is 0.851. The normalized spacial score (nSPS) is 15.1. The Labute approximate surface area is 156 Å².